The summed E-state index contributed by atoms with van der Waals surface area (Å²) in [7, 11) is 1.71. The minimum absolute atomic E-state index is 0.400. The molecule has 6 heteroatoms. The van der Waals surface area contributed by atoms with Gasteiger partial charge in [-0.1, -0.05) is 18.5 Å². The zero-order chi connectivity index (χ0) is 10.7. The zero-order valence-corrected chi connectivity index (χ0v) is 9.47. The Morgan fingerprint density at radius 2 is 2.50 bits per heavy atom. The van der Waals surface area contributed by atoms with Crippen LogP contribution in [0.4, 0.5) is 5.13 Å². The monoisotopic (exact) mass is 234 g/mol. The van der Waals surface area contributed by atoms with Gasteiger partial charge in [-0.3, -0.25) is 0 Å². The number of thiazole rings is 1. The molecule has 0 spiro atoms. The van der Waals surface area contributed by atoms with Crippen LogP contribution in [-0.2, 0) is 4.79 Å². The van der Waals surface area contributed by atoms with Gasteiger partial charge in [-0.05, 0) is 6.42 Å². The molecule has 1 rings (SSSR count). The third kappa shape index (κ3) is 2.36. The number of carbonyl (C=O) groups is 1. The predicted octanol–water partition coefficient (Wildman–Crippen LogP) is 2.10. The summed E-state index contributed by atoms with van der Waals surface area (Å²) in [5.41, 5.74) is 0. The smallest absolute Gasteiger partial charge is 0.326 e. The van der Waals surface area contributed by atoms with E-state index in [1.54, 1.807) is 17.3 Å². The van der Waals surface area contributed by atoms with Crippen LogP contribution in [0, 0.1) is 0 Å². The van der Waals surface area contributed by atoms with Gasteiger partial charge >= 0.3 is 5.97 Å². The Hall–Kier alpha value is -0.810. The second-order valence-corrected chi connectivity index (χ2v) is 4.05. The standard InChI is InChI=1S/C8H11ClN2O2S/c1-3-5(7(12)13)11(2)8-10-6(9)4-14-8/h4-5H,3H2,1-2H3,(H,12,13). The first-order valence-electron chi connectivity index (χ1n) is 4.13. The van der Waals surface area contributed by atoms with Crippen LogP contribution in [0.25, 0.3) is 0 Å². The van der Waals surface area contributed by atoms with E-state index in [1.807, 2.05) is 6.92 Å². The summed E-state index contributed by atoms with van der Waals surface area (Å²) >= 11 is 7.00. The fourth-order valence-corrected chi connectivity index (χ4v) is 2.12. The maximum atomic E-state index is 10.9. The molecule has 1 atom stereocenters. The summed E-state index contributed by atoms with van der Waals surface area (Å²) in [5, 5.41) is 11.6. The molecule has 0 fully saturated rings. The first kappa shape index (κ1) is 11.3. The molecule has 0 saturated heterocycles. The van der Waals surface area contributed by atoms with Gasteiger partial charge in [0.2, 0.25) is 0 Å². The van der Waals surface area contributed by atoms with Crippen LogP contribution in [0.2, 0.25) is 5.15 Å². The third-order valence-electron chi connectivity index (χ3n) is 1.91. The molecule has 14 heavy (non-hydrogen) atoms. The molecule has 4 nitrogen and oxygen atoms in total. The number of hydrogen-bond donors (Lipinski definition) is 1. The Morgan fingerprint density at radius 1 is 1.86 bits per heavy atom. The average Bonchev–Trinajstić information content (AvgIpc) is 2.52. The van der Waals surface area contributed by atoms with E-state index in [4.69, 9.17) is 16.7 Å². The minimum Gasteiger partial charge on any atom is -0.480 e. The van der Waals surface area contributed by atoms with Gasteiger partial charge in [0.25, 0.3) is 0 Å². The third-order valence-corrected chi connectivity index (χ3v) is 3.16. The highest BCUT2D eigenvalue weighted by atomic mass is 35.5. The van der Waals surface area contributed by atoms with Crippen molar-refractivity contribution in [2.45, 2.75) is 19.4 Å². The highest BCUT2D eigenvalue weighted by Gasteiger charge is 2.22. The molecular weight excluding hydrogens is 224 g/mol. The van der Waals surface area contributed by atoms with E-state index < -0.39 is 12.0 Å². The van der Waals surface area contributed by atoms with Crippen LogP contribution in [0.5, 0.6) is 0 Å². The van der Waals surface area contributed by atoms with Crippen molar-refractivity contribution in [3.8, 4) is 0 Å². The molecule has 0 aromatic carbocycles. The first-order chi connectivity index (χ1) is 6.56. The molecule has 1 heterocycles. The van der Waals surface area contributed by atoms with Crippen molar-refractivity contribution in [2.75, 3.05) is 11.9 Å². The number of carboxylic acid groups (broad SMARTS) is 1. The largest absolute Gasteiger partial charge is 0.480 e. The van der Waals surface area contributed by atoms with E-state index in [0.29, 0.717) is 16.7 Å². The molecule has 1 aromatic rings. The lowest BCUT2D eigenvalue weighted by molar-refractivity contribution is -0.138. The minimum atomic E-state index is -0.846. The molecule has 0 radical (unpaired) electrons. The van der Waals surface area contributed by atoms with Crippen LogP contribution in [0.3, 0.4) is 0 Å². The number of carboxylic acids is 1. The van der Waals surface area contributed by atoms with Crippen molar-refractivity contribution in [3.63, 3.8) is 0 Å². The highest BCUT2D eigenvalue weighted by Crippen LogP contribution is 2.24. The van der Waals surface area contributed by atoms with Crippen molar-refractivity contribution < 1.29 is 9.90 Å². The molecule has 0 saturated carbocycles. The van der Waals surface area contributed by atoms with E-state index >= 15 is 0 Å². The van der Waals surface area contributed by atoms with E-state index in [1.165, 1.54) is 11.3 Å². The Labute approximate surface area is 91.1 Å². The van der Waals surface area contributed by atoms with Crippen molar-refractivity contribution in [3.05, 3.63) is 10.5 Å². The van der Waals surface area contributed by atoms with E-state index in [2.05, 4.69) is 4.98 Å². The number of likely N-dealkylation sites (N-methyl/N-ethyl adjacent to an activating group) is 1. The maximum Gasteiger partial charge on any atom is 0.326 e. The fraction of sp³-hybridized carbons (Fsp3) is 0.500. The normalized spacial score (nSPS) is 12.5. The SMILES string of the molecule is CCC(C(=O)O)N(C)c1nc(Cl)cs1. The van der Waals surface area contributed by atoms with E-state index in [0.717, 1.165) is 0 Å². The average molecular weight is 235 g/mol. The molecule has 1 unspecified atom stereocenters. The van der Waals surface area contributed by atoms with Crippen LogP contribution in [0.1, 0.15) is 13.3 Å². The van der Waals surface area contributed by atoms with Crippen molar-refractivity contribution in [1.29, 1.82) is 0 Å². The molecule has 0 aliphatic heterocycles. The molecule has 1 aromatic heterocycles. The number of hydrogen-bond acceptors (Lipinski definition) is 4. The Bertz CT molecular complexity index is 329. The Kier molecular flexibility index (Phi) is 3.71. The predicted molar refractivity (Wildman–Crippen MR) is 57.2 cm³/mol. The number of nitrogens with zero attached hydrogens (tertiary/aromatic N) is 2. The van der Waals surface area contributed by atoms with E-state index in [-0.39, 0.29) is 0 Å². The quantitative estimate of drug-likeness (QED) is 0.867. The Balaban J connectivity index is 2.82. The second-order valence-electron chi connectivity index (χ2n) is 2.83. The van der Waals surface area contributed by atoms with Crippen LogP contribution in [-0.4, -0.2) is 29.1 Å². The van der Waals surface area contributed by atoms with Gasteiger partial charge < -0.3 is 10.0 Å². The molecule has 0 bridgehead atoms. The summed E-state index contributed by atoms with van der Waals surface area (Å²) < 4.78 is 0. The summed E-state index contributed by atoms with van der Waals surface area (Å²) in [4.78, 5) is 16.5. The van der Waals surface area contributed by atoms with Gasteiger partial charge in [0, 0.05) is 12.4 Å². The fourth-order valence-electron chi connectivity index (χ4n) is 1.15. The van der Waals surface area contributed by atoms with Gasteiger partial charge in [0.05, 0.1) is 0 Å². The van der Waals surface area contributed by atoms with Crippen molar-refractivity contribution in [1.82, 2.24) is 4.98 Å². The molecule has 78 valence electrons. The molecule has 0 amide bonds. The number of halogens is 1. The number of rotatable bonds is 4. The lowest BCUT2D eigenvalue weighted by Crippen LogP contribution is -2.37. The molecule has 0 aliphatic carbocycles. The first-order valence-corrected chi connectivity index (χ1v) is 5.38. The second kappa shape index (κ2) is 4.61. The lowest BCUT2D eigenvalue weighted by Gasteiger charge is -2.22. The van der Waals surface area contributed by atoms with Crippen LogP contribution < -0.4 is 4.90 Å². The Morgan fingerprint density at radius 3 is 2.86 bits per heavy atom. The van der Waals surface area contributed by atoms with Gasteiger partial charge in [-0.25, -0.2) is 9.78 Å². The maximum absolute atomic E-state index is 10.9. The summed E-state index contributed by atoms with van der Waals surface area (Å²) in [6, 6.07) is -0.544. The summed E-state index contributed by atoms with van der Waals surface area (Å²) in [6.45, 7) is 1.82. The number of aliphatic carboxylic acids is 1. The van der Waals surface area contributed by atoms with Gasteiger partial charge in [0.1, 0.15) is 11.2 Å². The molecule has 1 N–H and O–H groups in total. The summed E-state index contributed by atoms with van der Waals surface area (Å²) in [6.07, 6.45) is 0.531. The summed E-state index contributed by atoms with van der Waals surface area (Å²) in [5.74, 6) is -0.846. The molecular formula is C8H11ClN2O2S. The van der Waals surface area contributed by atoms with Crippen LogP contribution in [0.15, 0.2) is 5.38 Å². The van der Waals surface area contributed by atoms with E-state index in [9.17, 15) is 4.79 Å². The van der Waals surface area contributed by atoms with Gasteiger partial charge in [0.15, 0.2) is 5.13 Å². The zero-order valence-electron chi connectivity index (χ0n) is 7.90. The number of anilines is 1. The highest BCUT2D eigenvalue weighted by molar-refractivity contribution is 7.14. The molecule has 0 aliphatic rings. The van der Waals surface area contributed by atoms with Crippen molar-refractivity contribution in [2.24, 2.45) is 0 Å². The van der Waals surface area contributed by atoms with Crippen LogP contribution >= 0.6 is 22.9 Å². The van der Waals surface area contributed by atoms with Gasteiger partial charge in [-0.2, -0.15) is 0 Å². The number of aromatic nitrogens is 1. The van der Waals surface area contributed by atoms with Gasteiger partial charge in [-0.15, -0.1) is 11.3 Å². The topological polar surface area (TPSA) is 53.4 Å². The lowest BCUT2D eigenvalue weighted by atomic mass is 10.2. The van der Waals surface area contributed by atoms with Crippen molar-refractivity contribution >= 4 is 34.0 Å².